The Morgan fingerprint density at radius 3 is 1.36 bits per heavy atom. The highest BCUT2D eigenvalue weighted by Crippen LogP contribution is 2.43. The molecule has 0 fully saturated rings. The Labute approximate surface area is 339 Å². The van der Waals surface area contributed by atoms with Crippen LogP contribution in [0.3, 0.4) is 0 Å². The Kier molecular flexibility index (Phi) is 38.7. The predicted octanol–water partition coefficient (Wildman–Crippen LogP) is 11.3. The third-order valence-electron chi connectivity index (χ3n) is 8.69. The largest absolute Gasteiger partial charge is 0.472 e. The van der Waals surface area contributed by atoms with E-state index in [0.29, 0.717) is 12.8 Å². The summed E-state index contributed by atoms with van der Waals surface area (Å²) < 4.78 is 32.4. The van der Waals surface area contributed by atoms with Gasteiger partial charge in [0.1, 0.15) is 12.2 Å². The van der Waals surface area contributed by atoms with Crippen LogP contribution in [0.15, 0.2) is 72.9 Å². The molecule has 0 aromatic carbocycles. The van der Waals surface area contributed by atoms with E-state index in [9.17, 15) is 29.3 Å². The fourth-order valence-electron chi connectivity index (χ4n) is 5.42. The molecule has 0 aliphatic rings. The summed E-state index contributed by atoms with van der Waals surface area (Å²) in [5.74, 6) is -1.16. The molecule has 0 heterocycles. The fourth-order valence-corrected chi connectivity index (χ4v) is 6.20. The summed E-state index contributed by atoms with van der Waals surface area (Å²) in [6, 6.07) is 0. The first-order chi connectivity index (χ1) is 27.3. The summed E-state index contributed by atoms with van der Waals surface area (Å²) >= 11 is 0. The molecule has 11 heteroatoms. The number of aliphatic hydroxyl groups is 2. The Morgan fingerprint density at radius 1 is 0.518 bits per heavy atom. The minimum Gasteiger partial charge on any atom is -0.457 e. The van der Waals surface area contributed by atoms with Crippen LogP contribution >= 0.6 is 7.82 Å². The molecule has 0 rings (SSSR count). The molecule has 322 valence electrons. The second-order valence-corrected chi connectivity index (χ2v) is 15.4. The second-order valence-electron chi connectivity index (χ2n) is 14.0. The quantitative estimate of drug-likeness (QED) is 0.0237. The summed E-state index contributed by atoms with van der Waals surface area (Å²) in [6.45, 7) is 1.96. The van der Waals surface area contributed by atoms with Crippen molar-refractivity contribution in [3.05, 3.63) is 72.9 Å². The van der Waals surface area contributed by atoms with Crippen molar-refractivity contribution in [1.29, 1.82) is 0 Å². The maximum absolute atomic E-state index is 12.3. The highest BCUT2D eigenvalue weighted by molar-refractivity contribution is 7.47. The third-order valence-corrected chi connectivity index (χ3v) is 9.64. The first kappa shape index (κ1) is 53.4. The number of aliphatic hydroxyl groups excluding tert-OH is 2. The van der Waals surface area contributed by atoms with Gasteiger partial charge >= 0.3 is 19.8 Å². The van der Waals surface area contributed by atoms with Crippen LogP contribution in [0.5, 0.6) is 0 Å². The van der Waals surface area contributed by atoms with E-state index in [1.54, 1.807) is 6.08 Å². The van der Waals surface area contributed by atoms with Crippen molar-refractivity contribution in [2.45, 2.75) is 174 Å². The average Bonchev–Trinajstić information content (AvgIpc) is 3.19. The van der Waals surface area contributed by atoms with Crippen molar-refractivity contribution < 1.29 is 47.8 Å². The van der Waals surface area contributed by atoms with Gasteiger partial charge in [-0.25, -0.2) is 4.57 Å². The number of carbonyl (C=O) groups excluding carboxylic acids is 2. The van der Waals surface area contributed by atoms with Gasteiger partial charge in [-0.15, -0.1) is 0 Å². The lowest BCUT2D eigenvalue weighted by Crippen LogP contribution is -2.28. The number of allylic oxidation sites excluding steroid dienone is 11. The molecule has 3 atom stereocenters. The molecule has 0 saturated heterocycles. The van der Waals surface area contributed by atoms with Gasteiger partial charge in [0.05, 0.1) is 32.8 Å². The van der Waals surface area contributed by atoms with Crippen LogP contribution in [0, 0.1) is 0 Å². The molecule has 3 unspecified atom stereocenters. The van der Waals surface area contributed by atoms with Crippen LogP contribution in [-0.2, 0) is 32.7 Å². The van der Waals surface area contributed by atoms with Crippen molar-refractivity contribution in [2.24, 2.45) is 0 Å². The molecule has 3 N–H and O–H groups in total. The van der Waals surface area contributed by atoms with E-state index in [2.05, 4.69) is 62.5 Å². The predicted molar refractivity (Wildman–Crippen MR) is 228 cm³/mol. The number of carbonyl (C=O) groups is 2. The van der Waals surface area contributed by atoms with Crippen LogP contribution in [0.25, 0.3) is 0 Å². The average molecular weight is 809 g/mol. The van der Waals surface area contributed by atoms with Crippen LogP contribution in [0.4, 0.5) is 0 Å². The second kappa shape index (κ2) is 40.6. The Bertz CT molecular complexity index is 1160. The summed E-state index contributed by atoms with van der Waals surface area (Å²) in [5.41, 5.74) is 0. The van der Waals surface area contributed by atoms with Crippen LogP contribution in [0.2, 0.25) is 0 Å². The number of hydrogen-bond donors (Lipinski definition) is 3. The van der Waals surface area contributed by atoms with Crippen LogP contribution in [-0.4, -0.2) is 65.7 Å². The third kappa shape index (κ3) is 38.3. The lowest BCUT2D eigenvalue weighted by Gasteiger charge is -2.20. The summed E-state index contributed by atoms with van der Waals surface area (Å²) in [4.78, 5) is 34.4. The lowest BCUT2D eigenvalue weighted by molar-refractivity contribution is -0.153. The highest BCUT2D eigenvalue weighted by Gasteiger charge is 2.27. The van der Waals surface area contributed by atoms with Gasteiger partial charge < -0.3 is 24.6 Å². The topological polar surface area (TPSA) is 149 Å². The Morgan fingerprint density at radius 2 is 0.911 bits per heavy atom. The standard InChI is InChI=1S/C45H77O10P/c1-3-5-7-9-11-13-15-17-19-20-21-23-25-27-29-31-33-35-37-45(49)55-43(39-47)41-53-56(50,51)52-40-42(38-46)54-44(48)36-34-32-30-28-26-24-22-18-16-14-12-10-8-6-4-2/h6,8,12,14,18-20,22,26,28,32,34,42-43,46-47H,3-5,7,9-11,13,15-17,21,23-25,27,29-31,33,35-41H2,1-2H3,(H,50,51)/b8-6-,14-12-,20-19-,22-18-,28-26-,34-32-. The molecular formula is C45H77O10P. The first-order valence-electron chi connectivity index (χ1n) is 21.4. The van der Waals surface area contributed by atoms with Gasteiger partial charge in [-0.05, 0) is 64.2 Å². The molecule has 10 nitrogen and oxygen atoms in total. The Hall–Kier alpha value is -2.59. The zero-order chi connectivity index (χ0) is 41.2. The smallest absolute Gasteiger partial charge is 0.457 e. The van der Waals surface area contributed by atoms with E-state index in [1.807, 2.05) is 18.2 Å². The van der Waals surface area contributed by atoms with E-state index in [4.69, 9.17) is 18.5 Å². The summed E-state index contributed by atoms with van der Waals surface area (Å²) in [5, 5.41) is 19.1. The van der Waals surface area contributed by atoms with Crippen molar-refractivity contribution in [3.63, 3.8) is 0 Å². The van der Waals surface area contributed by atoms with Gasteiger partial charge in [0, 0.05) is 6.42 Å². The monoisotopic (exact) mass is 809 g/mol. The molecule has 0 aromatic rings. The number of hydrogen-bond acceptors (Lipinski definition) is 9. The molecule has 0 spiro atoms. The van der Waals surface area contributed by atoms with Gasteiger partial charge in [0.25, 0.3) is 0 Å². The van der Waals surface area contributed by atoms with Gasteiger partial charge in [0.2, 0.25) is 0 Å². The first-order valence-corrected chi connectivity index (χ1v) is 22.9. The molecule has 56 heavy (non-hydrogen) atoms. The highest BCUT2D eigenvalue weighted by atomic mass is 31.2. The van der Waals surface area contributed by atoms with Crippen LogP contribution in [0.1, 0.15) is 162 Å². The lowest BCUT2D eigenvalue weighted by atomic mass is 10.1. The fraction of sp³-hybridized carbons (Fsp3) is 0.689. The molecule has 0 aliphatic heterocycles. The summed E-state index contributed by atoms with van der Waals surface area (Å²) in [6.07, 6.45) is 46.2. The summed E-state index contributed by atoms with van der Waals surface area (Å²) in [7, 11) is -4.66. The zero-order valence-corrected chi connectivity index (χ0v) is 35.7. The number of rotatable bonds is 39. The number of unbranched alkanes of at least 4 members (excludes halogenated alkanes) is 14. The van der Waals surface area contributed by atoms with Crippen molar-refractivity contribution in [1.82, 2.24) is 0 Å². The van der Waals surface area contributed by atoms with Gasteiger partial charge in [-0.1, -0.05) is 157 Å². The van der Waals surface area contributed by atoms with Crippen molar-refractivity contribution >= 4 is 19.8 Å². The van der Waals surface area contributed by atoms with E-state index in [1.165, 1.54) is 70.6 Å². The van der Waals surface area contributed by atoms with Gasteiger partial charge in [0.15, 0.2) is 0 Å². The normalized spacial score (nSPS) is 14.6. The molecule has 0 bridgehead atoms. The SMILES string of the molecule is CC/C=C\C/C=C\C/C=C\C/C=C\C/C=C\CC(=O)OC(CO)COP(=O)(O)OCC(CO)OC(=O)CCCCCCCCC/C=C\CCCCCCCCC. The van der Waals surface area contributed by atoms with Gasteiger partial charge in [-0.3, -0.25) is 18.6 Å². The number of phosphoric ester groups is 1. The van der Waals surface area contributed by atoms with Crippen molar-refractivity contribution in [2.75, 3.05) is 26.4 Å². The molecular weight excluding hydrogens is 731 g/mol. The van der Waals surface area contributed by atoms with E-state index in [0.717, 1.165) is 51.4 Å². The zero-order valence-electron chi connectivity index (χ0n) is 34.8. The van der Waals surface area contributed by atoms with Crippen LogP contribution < -0.4 is 0 Å². The molecule has 0 radical (unpaired) electrons. The molecule has 0 aliphatic carbocycles. The number of ether oxygens (including phenoxy) is 2. The Balaban J connectivity index is 4.03. The molecule has 0 amide bonds. The molecule has 0 aromatic heterocycles. The minimum absolute atomic E-state index is 0.0433. The van der Waals surface area contributed by atoms with Crippen molar-refractivity contribution in [3.8, 4) is 0 Å². The maximum atomic E-state index is 12.3. The molecule has 0 saturated carbocycles. The number of phosphoric acid groups is 1. The van der Waals surface area contributed by atoms with E-state index < -0.39 is 58.4 Å². The van der Waals surface area contributed by atoms with E-state index in [-0.39, 0.29) is 12.8 Å². The number of esters is 2. The maximum Gasteiger partial charge on any atom is 0.472 e. The van der Waals surface area contributed by atoms with E-state index >= 15 is 0 Å². The minimum atomic E-state index is -4.66. The van der Waals surface area contributed by atoms with Gasteiger partial charge in [-0.2, -0.15) is 0 Å².